The van der Waals surface area contributed by atoms with Crippen LogP contribution in [-0.4, -0.2) is 24.6 Å². The van der Waals surface area contributed by atoms with E-state index >= 15 is 0 Å². The molecule has 7 heteroatoms. The highest BCUT2D eigenvalue weighted by molar-refractivity contribution is 5.93. The van der Waals surface area contributed by atoms with Crippen LogP contribution < -0.4 is 14.8 Å². The van der Waals surface area contributed by atoms with Gasteiger partial charge in [0.1, 0.15) is 11.5 Å². The zero-order valence-corrected chi connectivity index (χ0v) is 16.6. The standard InChI is InChI=1S/C24H18F2N2O3/c1-30-17-9-6-15(7-10-17)22-13-23(18-4-2-3-5-21(18)28-22)31-14-24(29)27-16-8-11-19(25)20(26)12-16/h2-13H,14H2,1H3,(H,27,29). The molecule has 1 heterocycles. The summed E-state index contributed by atoms with van der Waals surface area (Å²) in [6, 6.07) is 19.8. The molecule has 0 aliphatic rings. The van der Waals surface area contributed by atoms with Crippen LogP contribution in [0, 0.1) is 11.6 Å². The predicted molar refractivity (Wildman–Crippen MR) is 114 cm³/mol. The first-order chi connectivity index (χ1) is 15.0. The first-order valence-corrected chi connectivity index (χ1v) is 9.45. The topological polar surface area (TPSA) is 60.5 Å². The van der Waals surface area contributed by atoms with E-state index in [2.05, 4.69) is 10.3 Å². The van der Waals surface area contributed by atoms with Gasteiger partial charge in [0.25, 0.3) is 5.91 Å². The number of hydrogen-bond donors (Lipinski definition) is 1. The molecule has 0 unspecified atom stereocenters. The number of benzene rings is 3. The minimum Gasteiger partial charge on any atom is -0.497 e. The van der Waals surface area contributed by atoms with E-state index in [1.165, 1.54) is 6.07 Å². The second-order valence-corrected chi connectivity index (χ2v) is 6.72. The molecule has 4 rings (SSSR count). The quantitative estimate of drug-likeness (QED) is 0.465. The number of hydrogen-bond acceptors (Lipinski definition) is 4. The summed E-state index contributed by atoms with van der Waals surface area (Å²) in [6.45, 7) is -0.310. The van der Waals surface area contributed by atoms with Gasteiger partial charge in [-0.3, -0.25) is 4.79 Å². The Morgan fingerprint density at radius 2 is 1.74 bits per heavy atom. The molecule has 0 radical (unpaired) electrons. The van der Waals surface area contributed by atoms with Crippen molar-refractivity contribution in [3.8, 4) is 22.8 Å². The number of carbonyl (C=O) groups excluding carboxylic acids is 1. The van der Waals surface area contributed by atoms with E-state index in [0.717, 1.165) is 28.8 Å². The van der Waals surface area contributed by atoms with Crippen LogP contribution >= 0.6 is 0 Å². The summed E-state index contributed by atoms with van der Waals surface area (Å²) < 4.78 is 37.3. The summed E-state index contributed by atoms with van der Waals surface area (Å²) in [6.07, 6.45) is 0. The van der Waals surface area contributed by atoms with Crippen molar-refractivity contribution in [2.45, 2.75) is 0 Å². The van der Waals surface area contributed by atoms with Gasteiger partial charge in [0.15, 0.2) is 18.2 Å². The fourth-order valence-electron chi connectivity index (χ4n) is 3.09. The smallest absolute Gasteiger partial charge is 0.262 e. The fourth-order valence-corrected chi connectivity index (χ4v) is 3.09. The maximum Gasteiger partial charge on any atom is 0.262 e. The highest BCUT2D eigenvalue weighted by atomic mass is 19.2. The van der Waals surface area contributed by atoms with Crippen LogP contribution in [0.4, 0.5) is 14.5 Å². The summed E-state index contributed by atoms with van der Waals surface area (Å²) in [5, 5.41) is 3.24. The Labute approximate surface area is 177 Å². The highest BCUT2D eigenvalue weighted by Crippen LogP contribution is 2.30. The van der Waals surface area contributed by atoms with Crippen LogP contribution in [0.15, 0.2) is 72.8 Å². The van der Waals surface area contributed by atoms with Crippen molar-refractivity contribution < 1.29 is 23.0 Å². The van der Waals surface area contributed by atoms with E-state index in [1.54, 1.807) is 13.2 Å². The first kappa shape index (κ1) is 20.3. The Bertz CT molecular complexity index is 1240. The molecule has 1 amide bonds. The number of aromatic nitrogens is 1. The second kappa shape index (κ2) is 8.79. The van der Waals surface area contributed by atoms with Crippen LogP contribution in [0.2, 0.25) is 0 Å². The molecule has 4 aromatic rings. The number of para-hydroxylation sites is 1. The third-order valence-electron chi connectivity index (χ3n) is 4.63. The van der Waals surface area contributed by atoms with Gasteiger partial charge in [0, 0.05) is 28.8 Å². The average molecular weight is 420 g/mol. The van der Waals surface area contributed by atoms with Crippen LogP contribution in [0.3, 0.4) is 0 Å². The lowest BCUT2D eigenvalue weighted by Crippen LogP contribution is -2.20. The molecule has 0 saturated carbocycles. The average Bonchev–Trinajstić information content (AvgIpc) is 2.80. The minimum atomic E-state index is -1.04. The van der Waals surface area contributed by atoms with Crippen LogP contribution in [0.5, 0.6) is 11.5 Å². The normalized spacial score (nSPS) is 10.7. The Morgan fingerprint density at radius 1 is 0.968 bits per heavy atom. The lowest BCUT2D eigenvalue weighted by Gasteiger charge is -2.12. The Morgan fingerprint density at radius 3 is 2.48 bits per heavy atom. The van der Waals surface area contributed by atoms with Gasteiger partial charge in [0.2, 0.25) is 0 Å². The molecule has 5 nitrogen and oxygen atoms in total. The summed E-state index contributed by atoms with van der Waals surface area (Å²) in [7, 11) is 1.60. The number of ether oxygens (including phenoxy) is 2. The third kappa shape index (κ3) is 4.61. The molecule has 0 atom stereocenters. The summed E-state index contributed by atoms with van der Waals surface area (Å²) in [5.41, 5.74) is 2.40. The molecule has 3 aromatic carbocycles. The number of carbonyl (C=O) groups is 1. The summed E-state index contributed by atoms with van der Waals surface area (Å²) in [5.74, 6) is -1.31. The van der Waals surface area contributed by atoms with E-state index in [9.17, 15) is 13.6 Å². The van der Waals surface area contributed by atoms with Gasteiger partial charge in [-0.05, 0) is 48.5 Å². The van der Waals surface area contributed by atoms with Crippen molar-refractivity contribution in [1.82, 2.24) is 4.98 Å². The molecule has 0 bridgehead atoms. The van der Waals surface area contributed by atoms with E-state index in [1.807, 2.05) is 48.5 Å². The molecule has 1 aromatic heterocycles. The number of amides is 1. The summed E-state index contributed by atoms with van der Waals surface area (Å²) in [4.78, 5) is 16.9. The van der Waals surface area contributed by atoms with Crippen molar-refractivity contribution in [2.24, 2.45) is 0 Å². The number of rotatable bonds is 6. The van der Waals surface area contributed by atoms with Crippen LogP contribution in [0.1, 0.15) is 0 Å². The molecule has 156 valence electrons. The lowest BCUT2D eigenvalue weighted by atomic mass is 10.1. The molecule has 0 saturated heterocycles. The van der Waals surface area contributed by atoms with Gasteiger partial charge in [-0.25, -0.2) is 13.8 Å². The number of methoxy groups -OCH3 is 1. The number of nitrogens with one attached hydrogen (secondary N) is 1. The number of fused-ring (bicyclic) bond motifs is 1. The van der Waals surface area contributed by atoms with Gasteiger partial charge in [-0.2, -0.15) is 0 Å². The van der Waals surface area contributed by atoms with Crippen molar-refractivity contribution in [3.63, 3.8) is 0 Å². The first-order valence-electron chi connectivity index (χ1n) is 9.45. The maximum absolute atomic E-state index is 13.3. The Hall–Kier alpha value is -4.00. The SMILES string of the molecule is COc1ccc(-c2cc(OCC(=O)Nc3ccc(F)c(F)c3)c3ccccc3n2)cc1. The Balaban J connectivity index is 1.57. The van der Waals surface area contributed by atoms with E-state index < -0.39 is 17.5 Å². The number of nitrogens with zero attached hydrogens (tertiary/aromatic N) is 1. The maximum atomic E-state index is 13.3. The van der Waals surface area contributed by atoms with Crippen molar-refractivity contribution in [2.75, 3.05) is 19.0 Å². The fraction of sp³-hybridized carbons (Fsp3) is 0.0833. The van der Waals surface area contributed by atoms with Gasteiger partial charge < -0.3 is 14.8 Å². The minimum absolute atomic E-state index is 0.144. The molecule has 0 fully saturated rings. The Kier molecular flexibility index (Phi) is 5.75. The van der Waals surface area contributed by atoms with Crippen molar-refractivity contribution >= 4 is 22.5 Å². The van der Waals surface area contributed by atoms with Gasteiger partial charge >= 0.3 is 0 Å². The number of anilines is 1. The molecule has 0 aliphatic heterocycles. The molecule has 0 spiro atoms. The predicted octanol–water partition coefficient (Wildman–Crippen LogP) is 5.21. The third-order valence-corrected chi connectivity index (χ3v) is 4.63. The van der Waals surface area contributed by atoms with Crippen LogP contribution in [0.25, 0.3) is 22.2 Å². The monoisotopic (exact) mass is 420 g/mol. The number of pyridine rings is 1. The van der Waals surface area contributed by atoms with E-state index in [0.29, 0.717) is 17.0 Å². The second-order valence-electron chi connectivity index (χ2n) is 6.72. The van der Waals surface area contributed by atoms with E-state index in [4.69, 9.17) is 9.47 Å². The summed E-state index contributed by atoms with van der Waals surface area (Å²) >= 11 is 0. The van der Waals surface area contributed by atoms with Crippen LogP contribution in [-0.2, 0) is 4.79 Å². The van der Waals surface area contributed by atoms with Gasteiger partial charge in [-0.1, -0.05) is 12.1 Å². The zero-order chi connectivity index (χ0) is 21.8. The van der Waals surface area contributed by atoms with Crippen molar-refractivity contribution in [1.29, 1.82) is 0 Å². The lowest BCUT2D eigenvalue weighted by molar-refractivity contribution is -0.118. The van der Waals surface area contributed by atoms with Gasteiger partial charge in [0.05, 0.1) is 18.3 Å². The zero-order valence-electron chi connectivity index (χ0n) is 16.6. The van der Waals surface area contributed by atoms with E-state index in [-0.39, 0.29) is 12.3 Å². The highest BCUT2D eigenvalue weighted by Gasteiger charge is 2.12. The molecular weight excluding hydrogens is 402 g/mol. The molecular formula is C24H18F2N2O3. The molecule has 1 N–H and O–H groups in total. The largest absolute Gasteiger partial charge is 0.497 e. The van der Waals surface area contributed by atoms with Gasteiger partial charge in [-0.15, -0.1) is 0 Å². The molecule has 31 heavy (non-hydrogen) atoms. The van der Waals surface area contributed by atoms with Crippen molar-refractivity contribution in [3.05, 3.63) is 84.4 Å². The molecule has 0 aliphatic carbocycles. The number of halogens is 2.